The van der Waals surface area contributed by atoms with Gasteiger partial charge in [-0.25, -0.2) is 9.37 Å². The van der Waals surface area contributed by atoms with Crippen molar-refractivity contribution in [1.29, 1.82) is 0 Å². The number of nitrogens with zero attached hydrogens (tertiary/aromatic N) is 3. The highest BCUT2D eigenvalue weighted by Crippen LogP contribution is 2.25. The van der Waals surface area contributed by atoms with E-state index < -0.39 is 16.6 Å². The number of nitrogens with one attached hydrogen (secondary N) is 2. The predicted octanol–water partition coefficient (Wildman–Crippen LogP) is 4.25. The third kappa shape index (κ3) is 5.97. The number of aromatic nitrogens is 1. The van der Waals surface area contributed by atoms with Crippen LogP contribution >= 0.6 is 11.6 Å². The van der Waals surface area contributed by atoms with E-state index in [0.717, 1.165) is 0 Å². The van der Waals surface area contributed by atoms with Crippen molar-refractivity contribution in [3.05, 3.63) is 87.3 Å². The van der Waals surface area contributed by atoms with Crippen molar-refractivity contribution in [2.75, 3.05) is 17.3 Å². The summed E-state index contributed by atoms with van der Waals surface area (Å²) in [6, 6.07) is 13.2. The smallest absolute Gasteiger partial charge is 0.313 e. The summed E-state index contributed by atoms with van der Waals surface area (Å²) < 4.78 is 18.9. The van der Waals surface area contributed by atoms with E-state index in [1.165, 1.54) is 54.9 Å². The van der Waals surface area contributed by atoms with E-state index >= 15 is 0 Å². The fraction of sp³-hybridized carbons (Fsp3) is 0.0500. The summed E-state index contributed by atoms with van der Waals surface area (Å²) in [5, 5.41) is 17.5. The number of hydrogen-bond acceptors (Lipinski definition) is 7. The second kappa shape index (κ2) is 10.1. The van der Waals surface area contributed by atoms with Crippen LogP contribution in [0.15, 0.2) is 65.9 Å². The van der Waals surface area contributed by atoms with E-state index in [-0.39, 0.29) is 34.6 Å². The summed E-state index contributed by atoms with van der Waals surface area (Å²) >= 11 is 6.16. The minimum absolute atomic E-state index is 0.00401. The van der Waals surface area contributed by atoms with Crippen LogP contribution < -0.4 is 15.5 Å². The molecule has 11 heteroatoms. The molecule has 158 valence electrons. The van der Waals surface area contributed by atoms with Crippen LogP contribution in [0.5, 0.6) is 5.75 Å². The number of halogens is 2. The van der Waals surface area contributed by atoms with Gasteiger partial charge in [-0.05, 0) is 42.0 Å². The Balaban J connectivity index is 1.57. The van der Waals surface area contributed by atoms with Gasteiger partial charge in [-0.3, -0.25) is 20.3 Å². The van der Waals surface area contributed by atoms with Crippen LogP contribution in [0.2, 0.25) is 5.02 Å². The second-order valence-corrected chi connectivity index (χ2v) is 6.41. The lowest BCUT2D eigenvalue weighted by atomic mass is 10.2. The first-order chi connectivity index (χ1) is 14.9. The first-order valence-electron chi connectivity index (χ1n) is 8.79. The number of ether oxygens (including phenoxy) is 1. The normalized spacial score (nSPS) is 10.6. The van der Waals surface area contributed by atoms with Gasteiger partial charge in [-0.1, -0.05) is 23.7 Å². The number of rotatable bonds is 8. The van der Waals surface area contributed by atoms with Gasteiger partial charge in [0.05, 0.1) is 21.8 Å². The van der Waals surface area contributed by atoms with E-state index in [1.807, 2.05) is 0 Å². The molecule has 0 spiro atoms. The number of benzene rings is 2. The number of hydrogen-bond donors (Lipinski definition) is 2. The highest BCUT2D eigenvalue weighted by Gasteiger charge is 2.13. The molecule has 0 aliphatic carbocycles. The van der Waals surface area contributed by atoms with Crippen molar-refractivity contribution in [1.82, 2.24) is 4.98 Å². The van der Waals surface area contributed by atoms with Crippen LogP contribution in [-0.2, 0) is 4.79 Å². The molecule has 9 nitrogen and oxygen atoms in total. The van der Waals surface area contributed by atoms with Crippen molar-refractivity contribution in [2.45, 2.75) is 0 Å². The lowest BCUT2D eigenvalue weighted by molar-refractivity contribution is -0.384. The molecule has 0 aliphatic rings. The molecular formula is C20H15ClFN5O4. The number of amides is 1. The lowest BCUT2D eigenvalue weighted by Crippen LogP contribution is -2.20. The predicted molar refractivity (Wildman–Crippen MR) is 114 cm³/mol. The van der Waals surface area contributed by atoms with Gasteiger partial charge in [0, 0.05) is 12.3 Å². The minimum Gasteiger partial charge on any atom is -0.482 e. The SMILES string of the molecule is O=C(COc1ccc(/C=N\Nc2ncccc2[N+](=O)[O-])cc1Cl)Nc1ccccc1F. The van der Waals surface area contributed by atoms with Crippen LogP contribution in [0.3, 0.4) is 0 Å². The lowest BCUT2D eigenvalue weighted by Gasteiger charge is -2.09. The molecule has 3 rings (SSSR count). The maximum atomic E-state index is 13.6. The fourth-order valence-corrected chi connectivity index (χ4v) is 2.65. The van der Waals surface area contributed by atoms with Gasteiger partial charge in [0.1, 0.15) is 11.6 Å². The Morgan fingerprint density at radius 1 is 1.26 bits per heavy atom. The van der Waals surface area contributed by atoms with E-state index in [2.05, 4.69) is 20.8 Å². The summed E-state index contributed by atoms with van der Waals surface area (Å²) in [5.74, 6) is -0.860. The molecule has 0 saturated heterocycles. The zero-order chi connectivity index (χ0) is 22.2. The molecule has 31 heavy (non-hydrogen) atoms. The second-order valence-electron chi connectivity index (χ2n) is 6.00. The largest absolute Gasteiger partial charge is 0.482 e. The third-order valence-electron chi connectivity index (χ3n) is 3.83. The van der Waals surface area contributed by atoms with Gasteiger partial charge in [-0.15, -0.1) is 0 Å². The summed E-state index contributed by atoms with van der Waals surface area (Å²) in [6.45, 7) is -0.369. The number of pyridine rings is 1. The average molecular weight is 444 g/mol. The first kappa shape index (κ1) is 21.7. The number of para-hydroxylation sites is 1. The maximum absolute atomic E-state index is 13.6. The minimum atomic E-state index is -0.573. The number of anilines is 2. The average Bonchev–Trinajstić information content (AvgIpc) is 2.75. The van der Waals surface area contributed by atoms with Gasteiger partial charge in [-0.2, -0.15) is 5.10 Å². The van der Waals surface area contributed by atoms with Gasteiger partial charge < -0.3 is 10.1 Å². The van der Waals surface area contributed by atoms with Crippen LogP contribution in [0.1, 0.15) is 5.56 Å². The Hall–Kier alpha value is -4.05. The van der Waals surface area contributed by atoms with E-state index in [0.29, 0.717) is 5.56 Å². The maximum Gasteiger partial charge on any atom is 0.313 e. The number of nitro groups is 1. The van der Waals surface area contributed by atoms with Crippen molar-refractivity contribution in [2.24, 2.45) is 5.10 Å². The summed E-state index contributed by atoms with van der Waals surface area (Å²) in [7, 11) is 0. The molecule has 3 aromatic rings. The van der Waals surface area contributed by atoms with Gasteiger partial charge in [0.15, 0.2) is 6.61 Å². The van der Waals surface area contributed by atoms with Crippen molar-refractivity contribution >= 4 is 40.9 Å². The van der Waals surface area contributed by atoms with Gasteiger partial charge in [0.2, 0.25) is 5.82 Å². The molecule has 0 bridgehead atoms. The summed E-state index contributed by atoms with van der Waals surface area (Å²) in [6.07, 6.45) is 2.79. The van der Waals surface area contributed by atoms with Crippen LogP contribution in [0.4, 0.5) is 21.6 Å². The van der Waals surface area contributed by atoms with E-state index in [1.54, 1.807) is 12.1 Å². The summed E-state index contributed by atoms with van der Waals surface area (Å²) in [5.41, 5.74) is 2.91. The van der Waals surface area contributed by atoms with Gasteiger partial charge >= 0.3 is 5.69 Å². The van der Waals surface area contributed by atoms with Crippen LogP contribution in [0, 0.1) is 15.9 Å². The quantitative estimate of drug-likeness (QED) is 0.305. The molecule has 0 radical (unpaired) electrons. The molecule has 1 heterocycles. The van der Waals surface area contributed by atoms with Crippen molar-refractivity contribution in [3.8, 4) is 5.75 Å². The molecule has 0 aliphatic heterocycles. The Morgan fingerprint density at radius 3 is 2.81 bits per heavy atom. The number of carbonyl (C=O) groups excluding carboxylic acids is 1. The molecule has 1 amide bonds. The zero-order valence-corrected chi connectivity index (χ0v) is 16.5. The standard InChI is InChI=1S/C20H15ClFN5O4/c21-14-10-13(11-24-26-20-17(27(29)30)6-3-9-23-20)7-8-18(14)31-12-19(28)25-16-5-2-1-4-15(16)22/h1-11H,12H2,(H,23,26)(H,25,28)/b24-11-. The molecule has 0 fully saturated rings. The zero-order valence-electron chi connectivity index (χ0n) is 15.8. The summed E-state index contributed by atoms with van der Waals surface area (Å²) in [4.78, 5) is 26.2. The van der Waals surface area contributed by atoms with E-state index in [4.69, 9.17) is 16.3 Å². The monoisotopic (exact) mass is 443 g/mol. The topological polar surface area (TPSA) is 119 Å². The Morgan fingerprint density at radius 2 is 2.06 bits per heavy atom. The molecule has 2 N–H and O–H groups in total. The highest BCUT2D eigenvalue weighted by atomic mass is 35.5. The fourth-order valence-electron chi connectivity index (χ4n) is 2.40. The molecule has 1 aromatic heterocycles. The first-order valence-corrected chi connectivity index (χ1v) is 9.17. The number of carbonyl (C=O) groups is 1. The van der Waals surface area contributed by atoms with E-state index in [9.17, 15) is 19.3 Å². The van der Waals surface area contributed by atoms with Crippen LogP contribution in [0.25, 0.3) is 0 Å². The molecule has 0 atom stereocenters. The number of hydrazone groups is 1. The van der Waals surface area contributed by atoms with Gasteiger partial charge in [0.25, 0.3) is 5.91 Å². The van der Waals surface area contributed by atoms with Crippen molar-refractivity contribution < 1.29 is 18.8 Å². The third-order valence-corrected chi connectivity index (χ3v) is 4.13. The highest BCUT2D eigenvalue weighted by molar-refractivity contribution is 6.32. The molecule has 0 unspecified atom stereocenters. The Bertz CT molecular complexity index is 1140. The molecule has 2 aromatic carbocycles. The van der Waals surface area contributed by atoms with Crippen LogP contribution in [-0.4, -0.2) is 28.6 Å². The Labute approximate surface area is 180 Å². The molecule has 0 saturated carbocycles. The Kier molecular flexibility index (Phi) is 7.07. The van der Waals surface area contributed by atoms with Crippen molar-refractivity contribution in [3.63, 3.8) is 0 Å². The molecular weight excluding hydrogens is 429 g/mol.